The molecule has 0 atom stereocenters. The van der Waals surface area contributed by atoms with Crippen molar-refractivity contribution in [1.82, 2.24) is 5.32 Å². The summed E-state index contributed by atoms with van der Waals surface area (Å²) in [5.41, 5.74) is 1.62. The Balaban J connectivity index is 2.55. The van der Waals surface area contributed by atoms with Crippen LogP contribution in [0.5, 0.6) is 5.75 Å². The van der Waals surface area contributed by atoms with Crippen molar-refractivity contribution in [2.75, 3.05) is 0 Å². The standard InChI is InChI=1S/C11H9NO3/c13-8-2-1-3-9-10(8)6-4-12-5-7(6)11(14)15-9/h1-3,12-13H,4-5H2. The number of hydrogen-bond donors (Lipinski definition) is 2. The zero-order valence-electron chi connectivity index (χ0n) is 7.91. The summed E-state index contributed by atoms with van der Waals surface area (Å²) < 4.78 is 5.13. The van der Waals surface area contributed by atoms with Crippen LogP contribution in [0.15, 0.2) is 27.4 Å². The van der Waals surface area contributed by atoms with Gasteiger partial charge in [-0.05, 0) is 17.7 Å². The molecule has 0 radical (unpaired) electrons. The van der Waals surface area contributed by atoms with Crippen molar-refractivity contribution in [2.45, 2.75) is 13.1 Å². The highest BCUT2D eigenvalue weighted by atomic mass is 16.4. The molecule has 0 bridgehead atoms. The highest BCUT2D eigenvalue weighted by molar-refractivity contribution is 5.87. The van der Waals surface area contributed by atoms with Gasteiger partial charge < -0.3 is 14.8 Å². The first-order chi connectivity index (χ1) is 7.27. The average molecular weight is 203 g/mol. The molecule has 4 nitrogen and oxygen atoms in total. The van der Waals surface area contributed by atoms with Crippen molar-refractivity contribution in [3.8, 4) is 5.75 Å². The number of benzene rings is 1. The second kappa shape index (κ2) is 2.84. The van der Waals surface area contributed by atoms with Gasteiger partial charge in [-0.3, -0.25) is 0 Å². The van der Waals surface area contributed by atoms with Crippen molar-refractivity contribution in [3.05, 3.63) is 39.7 Å². The van der Waals surface area contributed by atoms with Crippen LogP contribution in [0.1, 0.15) is 11.1 Å². The number of phenols is 1. The van der Waals surface area contributed by atoms with E-state index in [4.69, 9.17) is 4.42 Å². The highest BCUT2D eigenvalue weighted by Gasteiger charge is 2.20. The summed E-state index contributed by atoms with van der Waals surface area (Å²) in [6.45, 7) is 1.12. The lowest BCUT2D eigenvalue weighted by atomic mass is 10.1. The van der Waals surface area contributed by atoms with E-state index in [2.05, 4.69) is 5.32 Å². The second-order valence-corrected chi connectivity index (χ2v) is 3.60. The third-order valence-electron chi connectivity index (χ3n) is 2.72. The zero-order chi connectivity index (χ0) is 10.4. The molecule has 1 aliphatic rings. The smallest absolute Gasteiger partial charge is 0.341 e. The molecule has 0 saturated carbocycles. The highest BCUT2D eigenvalue weighted by Crippen LogP contribution is 2.30. The number of phenolic OH excluding ortho intramolecular Hbond substituents is 1. The molecule has 4 heteroatoms. The largest absolute Gasteiger partial charge is 0.507 e. The van der Waals surface area contributed by atoms with Crippen LogP contribution >= 0.6 is 0 Å². The molecule has 0 saturated heterocycles. The molecule has 0 amide bonds. The predicted octanol–water partition coefficient (Wildman–Crippen LogP) is 1.10. The van der Waals surface area contributed by atoms with Gasteiger partial charge in [-0.15, -0.1) is 0 Å². The normalized spacial score (nSPS) is 14.4. The molecule has 2 aromatic rings. The number of rotatable bonds is 0. The van der Waals surface area contributed by atoms with E-state index < -0.39 is 0 Å². The third kappa shape index (κ3) is 1.08. The average Bonchev–Trinajstić information content (AvgIpc) is 2.66. The van der Waals surface area contributed by atoms with Crippen molar-refractivity contribution in [3.63, 3.8) is 0 Å². The zero-order valence-corrected chi connectivity index (χ0v) is 7.91. The van der Waals surface area contributed by atoms with Crippen molar-refractivity contribution >= 4 is 11.0 Å². The van der Waals surface area contributed by atoms with Gasteiger partial charge in [-0.25, -0.2) is 4.79 Å². The fourth-order valence-corrected chi connectivity index (χ4v) is 2.03. The van der Waals surface area contributed by atoms with Crippen LogP contribution < -0.4 is 10.9 Å². The number of fused-ring (bicyclic) bond motifs is 3. The Kier molecular flexibility index (Phi) is 1.61. The summed E-state index contributed by atoms with van der Waals surface area (Å²) in [7, 11) is 0. The molecule has 0 fully saturated rings. The summed E-state index contributed by atoms with van der Waals surface area (Å²) in [6.07, 6.45) is 0. The fourth-order valence-electron chi connectivity index (χ4n) is 2.03. The Bertz CT molecular complexity index is 601. The minimum Gasteiger partial charge on any atom is -0.507 e. The van der Waals surface area contributed by atoms with E-state index in [-0.39, 0.29) is 11.4 Å². The minimum absolute atomic E-state index is 0.163. The Labute approximate surface area is 85.1 Å². The Hall–Kier alpha value is -1.81. The molecule has 2 heterocycles. The van der Waals surface area contributed by atoms with E-state index in [1.807, 2.05) is 0 Å². The summed E-state index contributed by atoms with van der Waals surface area (Å²) in [4.78, 5) is 11.5. The van der Waals surface area contributed by atoms with E-state index in [1.54, 1.807) is 18.2 Å². The lowest BCUT2D eigenvalue weighted by Gasteiger charge is -2.04. The number of nitrogens with one attached hydrogen (secondary N) is 1. The Morgan fingerprint density at radius 3 is 2.93 bits per heavy atom. The number of hydrogen-bond acceptors (Lipinski definition) is 4. The van der Waals surface area contributed by atoms with Gasteiger partial charge in [-0.1, -0.05) is 6.07 Å². The molecule has 15 heavy (non-hydrogen) atoms. The van der Waals surface area contributed by atoms with Gasteiger partial charge in [0, 0.05) is 13.1 Å². The summed E-state index contributed by atoms with van der Waals surface area (Å²) >= 11 is 0. The van der Waals surface area contributed by atoms with Crippen LogP contribution in [-0.4, -0.2) is 5.11 Å². The van der Waals surface area contributed by atoms with Crippen LogP contribution in [0.25, 0.3) is 11.0 Å². The first kappa shape index (κ1) is 8.49. The first-order valence-corrected chi connectivity index (χ1v) is 4.74. The molecule has 1 aromatic carbocycles. The van der Waals surface area contributed by atoms with E-state index >= 15 is 0 Å². The summed E-state index contributed by atoms with van der Waals surface area (Å²) in [5.74, 6) is 0.163. The van der Waals surface area contributed by atoms with Gasteiger partial charge in [0.25, 0.3) is 0 Å². The molecular weight excluding hydrogens is 194 g/mol. The van der Waals surface area contributed by atoms with Gasteiger partial charge in [0.2, 0.25) is 0 Å². The first-order valence-electron chi connectivity index (χ1n) is 4.74. The maximum absolute atomic E-state index is 11.5. The number of aromatic hydroxyl groups is 1. The SMILES string of the molecule is O=c1oc2cccc(O)c2c2c1CNC2. The molecule has 1 aliphatic heterocycles. The Morgan fingerprint density at radius 1 is 1.27 bits per heavy atom. The van der Waals surface area contributed by atoms with Crippen molar-refractivity contribution in [1.29, 1.82) is 0 Å². The molecule has 3 rings (SSSR count). The molecular formula is C11H9NO3. The van der Waals surface area contributed by atoms with Crippen molar-refractivity contribution < 1.29 is 9.52 Å². The van der Waals surface area contributed by atoms with Crippen LogP contribution in [-0.2, 0) is 13.1 Å². The van der Waals surface area contributed by atoms with Gasteiger partial charge >= 0.3 is 5.63 Å². The van der Waals surface area contributed by atoms with Gasteiger partial charge in [-0.2, -0.15) is 0 Å². The third-order valence-corrected chi connectivity index (χ3v) is 2.72. The maximum atomic E-state index is 11.5. The van der Waals surface area contributed by atoms with Gasteiger partial charge in [0.15, 0.2) is 0 Å². The second-order valence-electron chi connectivity index (χ2n) is 3.60. The lowest BCUT2D eigenvalue weighted by Crippen LogP contribution is -2.08. The van der Waals surface area contributed by atoms with E-state index in [1.165, 1.54) is 0 Å². The van der Waals surface area contributed by atoms with E-state index in [0.717, 1.165) is 5.56 Å². The predicted molar refractivity (Wildman–Crippen MR) is 54.7 cm³/mol. The molecule has 0 aliphatic carbocycles. The Morgan fingerprint density at radius 2 is 2.07 bits per heavy atom. The van der Waals surface area contributed by atoms with Crippen LogP contribution in [0.4, 0.5) is 0 Å². The lowest BCUT2D eigenvalue weighted by molar-refractivity contribution is 0.478. The molecule has 0 spiro atoms. The molecule has 76 valence electrons. The summed E-state index contributed by atoms with van der Waals surface area (Å²) in [5, 5.41) is 13.5. The van der Waals surface area contributed by atoms with Crippen LogP contribution in [0, 0.1) is 0 Å². The van der Waals surface area contributed by atoms with E-state index in [9.17, 15) is 9.90 Å². The van der Waals surface area contributed by atoms with Crippen molar-refractivity contribution in [2.24, 2.45) is 0 Å². The fraction of sp³-hybridized carbons (Fsp3) is 0.182. The quantitative estimate of drug-likeness (QED) is 0.629. The summed E-state index contributed by atoms with van der Waals surface area (Å²) in [6, 6.07) is 4.95. The molecule has 1 aromatic heterocycles. The maximum Gasteiger partial charge on any atom is 0.341 e. The van der Waals surface area contributed by atoms with Gasteiger partial charge in [0.05, 0.1) is 10.9 Å². The molecule has 2 N–H and O–H groups in total. The monoisotopic (exact) mass is 203 g/mol. The van der Waals surface area contributed by atoms with Crippen LogP contribution in [0.2, 0.25) is 0 Å². The topological polar surface area (TPSA) is 62.5 Å². The molecule has 0 unspecified atom stereocenters. The van der Waals surface area contributed by atoms with Crippen LogP contribution in [0.3, 0.4) is 0 Å². The van der Waals surface area contributed by atoms with Gasteiger partial charge in [0.1, 0.15) is 11.3 Å². The van der Waals surface area contributed by atoms with E-state index in [0.29, 0.717) is 29.6 Å². The minimum atomic E-state index is -0.312.